The zero-order valence-corrected chi connectivity index (χ0v) is 21.8. The minimum atomic E-state index is -0.0726. The summed E-state index contributed by atoms with van der Waals surface area (Å²) in [4.78, 5) is 5.80. The largest absolute Gasteiger partial charge is 0.348 e. The van der Waals surface area contributed by atoms with Crippen LogP contribution in [0.5, 0.6) is 0 Å². The molecule has 0 N–H and O–H groups in total. The normalized spacial score (nSPS) is 49.8. The predicted molar refractivity (Wildman–Crippen MR) is 146 cm³/mol. The summed E-state index contributed by atoms with van der Waals surface area (Å²) in [5.41, 5.74) is 6.57. The number of hydrogen-bond donors (Lipinski definition) is 0. The van der Waals surface area contributed by atoms with Gasteiger partial charge in [-0.1, -0.05) is 74.6 Å². The molecule has 2 saturated heterocycles. The molecule has 0 aromatic carbocycles. The van der Waals surface area contributed by atoms with Crippen molar-refractivity contribution < 1.29 is 0 Å². The molecule has 3 heterocycles. The summed E-state index contributed by atoms with van der Waals surface area (Å²) < 4.78 is 0. The van der Waals surface area contributed by atoms with E-state index in [1.54, 1.807) is 16.7 Å². The van der Waals surface area contributed by atoms with E-state index in [9.17, 15) is 0 Å². The number of piperidine rings is 1. The molecule has 4 fully saturated rings. The summed E-state index contributed by atoms with van der Waals surface area (Å²) in [5, 5.41) is 0. The Labute approximate surface area is 216 Å². The van der Waals surface area contributed by atoms with Crippen molar-refractivity contribution in [2.24, 2.45) is 40.9 Å². The lowest BCUT2D eigenvalue weighted by Crippen LogP contribution is -2.63. The summed E-state index contributed by atoms with van der Waals surface area (Å²) >= 11 is 0. The lowest BCUT2D eigenvalue weighted by molar-refractivity contribution is 0.0113. The highest BCUT2D eigenvalue weighted by atomic mass is 15.5. The summed E-state index contributed by atoms with van der Waals surface area (Å²) in [6, 6.07) is 1.35. The molecule has 36 heavy (non-hydrogen) atoms. The quantitative estimate of drug-likeness (QED) is 0.360. The second kappa shape index (κ2) is 6.57. The molecule has 0 bridgehead atoms. The standard InChI is InChI=1S/C34H38N2/c1-33(2)26-11-6-7-13-28(26)36-32-27(33)12-8-14-29(32)35-18-17-20-15-16-23-21-9-4-5-10-22(21)24-19-25(24)30(23)31(20)34(35,36)3/h5-8,10-12,14-18,21-25,28-30,32H,4,9,13,19H2,1-3H3. The molecule has 2 nitrogen and oxygen atoms in total. The van der Waals surface area contributed by atoms with Gasteiger partial charge in [0.2, 0.25) is 0 Å². The fourth-order valence-electron chi connectivity index (χ4n) is 10.7. The van der Waals surface area contributed by atoms with Crippen LogP contribution in [0.2, 0.25) is 0 Å². The van der Waals surface area contributed by atoms with E-state index in [1.165, 1.54) is 24.8 Å². The Morgan fingerprint density at radius 2 is 1.75 bits per heavy atom. The van der Waals surface area contributed by atoms with Crippen molar-refractivity contribution in [3.05, 3.63) is 95.3 Å². The average Bonchev–Trinajstić information content (AvgIpc) is 3.65. The van der Waals surface area contributed by atoms with Crippen molar-refractivity contribution in [1.29, 1.82) is 0 Å². The van der Waals surface area contributed by atoms with Gasteiger partial charge in [0.05, 0.1) is 12.1 Å². The molecule has 0 aromatic rings. The fraction of sp³-hybridized carbons (Fsp3) is 0.529. The van der Waals surface area contributed by atoms with Gasteiger partial charge in [0.25, 0.3) is 0 Å². The maximum absolute atomic E-state index is 3.01. The summed E-state index contributed by atoms with van der Waals surface area (Å²) in [5.74, 6) is 4.88. The van der Waals surface area contributed by atoms with Crippen LogP contribution in [0.15, 0.2) is 95.3 Å². The third kappa shape index (κ3) is 2.23. The van der Waals surface area contributed by atoms with Crippen LogP contribution in [0, 0.1) is 40.9 Å². The third-order valence-corrected chi connectivity index (χ3v) is 12.1. The Bertz CT molecular complexity index is 1310. The van der Waals surface area contributed by atoms with Crippen LogP contribution in [0.3, 0.4) is 0 Å². The van der Waals surface area contributed by atoms with Crippen molar-refractivity contribution in [3.63, 3.8) is 0 Å². The highest BCUT2D eigenvalue weighted by molar-refractivity contribution is 5.56. The highest BCUT2D eigenvalue weighted by Crippen LogP contribution is 2.69. The number of rotatable bonds is 0. The molecule has 0 radical (unpaired) electrons. The molecule has 10 unspecified atom stereocenters. The van der Waals surface area contributed by atoms with Gasteiger partial charge in [-0.3, -0.25) is 4.90 Å². The van der Waals surface area contributed by atoms with Crippen LogP contribution >= 0.6 is 0 Å². The topological polar surface area (TPSA) is 6.48 Å². The van der Waals surface area contributed by atoms with Crippen molar-refractivity contribution >= 4 is 0 Å². The molecule has 0 aromatic heterocycles. The molecular weight excluding hydrogens is 436 g/mol. The minimum Gasteiger partial charge on any atom is -0.348 e. The SMILES string of the molecule is CC1(C)C2=CC=CCC2N2C3C1=CC=CC3N1C=CC3=C(C4C(C=C3)C3CCC=CC3C3CC34)C12C. The Balaban J connectivity index is 1.24. The smallest absolute Gasteiger partial charge is 0.115 e. The third-order valence-electron chi connectivity index (χ3n) is 12.1. The molecule has 9 rings (SSSR count). The van der Waals surface area contributed by atoms with Crippen LogP contribution in [-0.2, 0) is 0 Å². The van der Waals surface area contributed by atoms with E-state index in [0.29, 0.717) is 30.0 Å². The van der Waals surface area contributed by atoms with E-state index < -0.39 is 0 Å². The second-order valence-corrected chi connectivity index (χ2v) is 13.7. The molecular formula is C34H38N2. The molecule has 9 aliphatic rings. The van der Waals surface area contributed by atoms with Crippen molar-refractivity contribution in [3.8, 4) is 0 Å². The van der Waals surface area contributed by atoms with Crippen LogP contribution < -0.4 is 0 Å². The summed E-state index contributed by atoms with van der Waals surface area (Å²) in [6.07, 6.45) is 35.0. The Hall–Kier alpha value is -2.32. The summed E-state index contributed by atoms with van der Waals surface area (Å²) in [6.45, 7) is 7.58. The zero-order valence-electron chi connectivity index (χ0n) is 21.8. The van der Waals surface area contributed by atoms with E-state index in [4.69, 9.17) is 0 Å². The lowest BCUT2D eigenvalue weighted by atomic mass is 9.57. The predicted octanol–water partition coefficient (Wildman–Crippen LogP) is 6.71. The van der Waals surface area contributed by atoms with Gasteiger partial charge in [0.15, 0.2) is 0 Å². The van der Waals surface area contributed by atoms with Crippen LogP contribution in [0.1, 0.15) is 46.5 Å². The van der Waals surface area contributed by atoms with E-state index in [0.717, 1.165) is 30.1 Å². The first-order valence-electron chi connectivity index (χ1n) is 14.6. The molecule has 184 valence electrons. The number of nitrogens with zero attached hydrogens (tertiary/aromatic N) is 2. The Morgan fingerprint density at radius 1 is 0.861 bits per heavy atom. The molecule has 0 amide bonds. The van der Waals surface area contributed by atoms with Crippen LogP contribution in [0.4, 0.5) is 0 Å². The van der Waals surface area contributed by atoms with E-state index in [1.807, 2.05) is 0 Å². The van der Waals surface area contributed by atoms with Crippen molar-refractivity contribution in [2.45, 2.75) is 70.2 Å². The van der Waals surface area contributed by atoms with Crippen LogP contribution in [0.25, 0.3) is 0 Å². The second-order valence-electron chi connectivity index (χ2n) is 13.7. The van der Waals surface area contributed by atoms with E-state index in [-0.39, 0.29) is 11.1 Å². The van der Waals surface area contributed by atoms with Gasteiger partial charge in [0, 0.05) is 17.7 Å². The van der Waals surface area contributed by atoms with E-state index >= 15 is 0 Å². The molecule has 10 atom stereocenters. The van der Waals surface area contributed by atoms with Crippen LogP contribution in [-0.4, -0.2) is 33.6 Å². The monoisotopic (exact) mass is 474 g/mol. The molecule has 2 heteroatoms. The summed E-state index contributed by atoms with van der Waals surface area (Å²) in [7, 11) is 0. The number of allylic oxidation sites excluding steroid dienone is 10. The van der Waals surface area contributed by atoms with E-state index in [2.05, 4.69) is 104 Å². The molecule has 3 aliphatic heterocycles. The van der Waals surface area contributed by atoms with Gasteiger partial charge >= 0.3 is 0 Å². The van der Waals surface area contributed by atoms with Crippen molar-refractivity contribution in [2.75, 3.05) is 0 Å². The van der Waals surface area contributed by atoms with Gasteiger partial charge in [-0.25, -0.2) is 0 Å². The van der Waals surface area contributed by atoms with Gasteiger partial charge < -0.3 is 4.90 Å². The molecule has 6 aliphatic carbocycles. The number of hydrogen-bond acceptors (Lipinski definition) is 2. The first-order valence-corrected chi connectivity index (χ1v) is 14.6. The lowest BCUT2D eigenvalue weighted by Gasteiger charge is -2.58. The maximum Gasteiger partial charge on any atom is 0.115 e. The molecule has 2 saturated carbocycles. The van der Waals surface area contributed by atoms with Gasteiger partial charge in [-0.05, 0) is 96.5 Å². The van der Waals surface area contributed by atoms with Gasteiger partial charge in [-0.2, -0.15) is 0 Å². The first-order chi connectivity index (χ1) is 17.5. The Morgan fingerprint density at radius 3 is 2.67 bits per heavy atom. The number of fused-ring (bicyclic) bond motifs is 13. The minimum absolute atomic E-state index is 0.0726. The Kier molecular flexibility index (Phi) is 3.78. The van der Waals surface area contributed by atoms with Gasteiger partial charge in [0.1, 0.15) is 5.66 Å². The molecule has 0 spiro atoms. The van der Waals surface area contributed by atoms with Crippen molar-refractivity contribution in [1.82, 2.24) is 9.80 Å². The first kappa shape index (κ1) is 20.7. The van der Waals surface area contributed by atoms with Gasteiger partial charge in [-0.15, -0.1) is 0 Å². The average molecular weight is 475 g/mol. The fourth-order valence-corrected chi connectivity index (χ4v) is 10.7. The maximum atomic E-state index is 3.01. The zero-order chi connectivity index (χ0) is 24.0. The highest BCUT2D eigenvalue weighted by Gasteiger charge is 2.68.